The molecule has 0 bridgehead atoms. The van der Waals surface area contributed by atoms with Gasteiger partial charge in [0.2, 0.25) is 0 Å². The highest BCUT2D eigenvalue weighted by atomic mass is 16.5. The van der Waals surface area contributed by atoms with Crippen LogP contribution >= 0.6 is 0 Å². The number of hydrogen-bond donors (Lipinski definition) is 1. The molecule has 0 aliphatic carbocycles. The van der Waals surface area contributed by atoms with Crippen LogP contribution in [0, 0.1) is 0 Å². The van der Waals surface area contributed by atoms with Crippen LogP contribution in [0.25, 0.3) is 49.4 Å². The van der Waals surface area contributed by atoms with Crippen LogP contribution < -0.4 is 5.46 Å². The van der Waals surface area contributed by atoms with Crippen LogP contribution in [-0.2, 0) is 4.65 Å². The van der Waals surface area contributed by atoms with Crippen LogP contribution in [0.3, 0.4) is 0 Å². The molecule has 4 aromatic carbocycles. The number of fused-ring (bicyclic) bond motifs is 6. The summed E-state index contributed by atoms with van der Waals surface area (Å²) >= 11 is 0. The van der Waals surface area contributed by atoms with Crippen LogP contribution in [-0.4, -0.2) is 28.4 Å². The van der Waals surface area contributed by atoms with Gasteiger partial charge in [-0.1, -0.05) is 48.5 Å². The van der Waals surface area contributed by atoms with Gasteiger partial charge in [0.25, 0.3) is 0 Å². The summed E-state index contributed by atoms with van der Waals surface area (Å²) in [4.78, 5) is 0. The molecule has 0 saturated carbocycles. The lowest BCUT2D eigenvalue weighted by Crippen LogP contribution is -2.49. The summed E-state index contributed by atoms with van der Waals surface area (Å²) in [5.41, 5.74) is 4.47. The molecule has 35 heavy (non-hydrogen) atoms. The van der Waals surface area contributed by atoms with Gasteiger partial charge >= 0.3 is 7.48 Å². The standard InChI is InChI=1S/C30H28BNO3/c1-29(2,33)30(3,4)35-31-23-12-9-15-26-28(23)22-17-16-19(18-27(22)34-26)32-24-13-7-5-10-20(24)21-11-6-8-14-25(21)32/h5-18,31,33H,1-4H3. The average Bonchev–Trinajstić information content (AvgIpc) is 3.37. The number of benzene rings is 4. The van der Waals surface area contributed by atoms with E-state index in [1.165, 1.54) is 21.8 Å². The molecule has 4 nitrogen and oxygen atoms in total. The van der Waals surface area contributed by atoms with Crippen LogP contribution in [0.5, 0.6) is 0 Å². The SMILES string of the molecule is CC(C)(O)C(C)(C)OBc1cccc2oc3cc(-n4c5ccccc5c5ccccc54)ccc3c12. The molecule has 0 fully saturated rings. The summed E-state index contributed by atoms with van der Waals surface area (Å²) in [6.45, 7) is 7.38. The van der Waals surface area contributed by atoms with E-state index in [9.17, 15) is 5.11 Å². The minimum atomic E-state index is -0.962. The fourth-order valence-corrected chi connectivity index (χ4v) is 4.78. The van der Waals surface area contributed by atoms with E-state index in [-0.39, 0.29) is 0 Å². The van der Waals surface area contributed by atoms with E-state index in [0.29, 0.717) is 7.48 Å². The van der Waals surface area contributed by atoms with Crippen molar-refractivity contribution in [2.75, 3.05) is 0 Å². The van der Waals surface area contributed by atoms with Gasteiger partial charge in [0.1, 0.15) is 11.2 Å². The molecule has 0 aliphatic rings. The van der Waals surface area contributed by atoms with Crippen molar-refractivity contribution in [2.24, 2.45) is 0 Å². The van der Waals surface area contributed by atoms with Gasteiger partial charge in [0, 0.05) is 33.3 Å². The molecular formula is C30H28BNO3. The molecule has 174 valence electrons. The quantitative estimate of drug-likeness (QED) is 0.310. The largest absolute Gasteiger partial charge is 0.456 e. The summed E-state index contributed by atoms with van der Waals surface area (Å²) < 4.78 is 14.8. The van der Waals surface area contributed by atoms with E-state index in [1.54, 1.807) is 13.8 Å². The number of nitrogens with zero attached hydrogens (tertiary/aromatic N) is 1. The fourth-order valence-electron chi connectivity index (χ4n) is 4.78. The lowest BCUT2D eigenvalue weighted by Gasteiger charge is -2.37. The Kier molecular flexibility index (Phi) is 4.86. The maximum Gasteiger partial charge on any atom is 0.310 e. The summed E-state index contributed by atoms with van der Waals surface area (Å²) in [7, 11) is 0.386. The van der Waals surface area contributed by atoms with Crippen LogP contribution in [0.4, 0.5) is 0 Å². The number of para-hydroxylation sites is 2. The molecule has 0 radical (unpaired) electrons. The Morgan fingerprint density at radius 1 is 0.743 bits per heavy atom. The van der Waals surface area contributed by atoms with Crippen molar-refractivity contribution in [1.82, 2.24) is 4.57 Å². The van der Waals surface area contributed by atoms with Crippen LogP contribution in [0.2, 0.25) is 0 Å². The molecule has 6 rings (SSSR count). The predicted molar refractivity (Wildman–Crippen MR) is 146 cm³/mol. The maximum absolute atomic E-state index is 10.5. The molecule has 0 atom stereocenters. The van der Waals surface area contributed by atoms with Crippen molar-refractivity contribution >= 4 is 56.7 Å². The number of aliphatic hydroxyl groups is 1. The fraction of sp³-hybridized carbons (Fsp3) is 0.200. The third-order valence-electron chi connectivity index (χ3n) is 7.47. The maximum atomic E-state index is 10.5. The van der Waals surface area contributed by atoms with Gasteiger partial charge in [-0.2, -0.15) is 0 Å². The second-order valence-corrected chi connectivity index (χ2v) is 10.3. The van der Waals surface area contributed by atoms with Gasteiger partial charge in [-0.15, -0.1) is 0 Å². The minimum Gasteiger partial charge on any atom is -0.456 e. The monoisotopic (exact) mass is 461 g/mol. The molecule has 0 amide bonds. The highest BCUT2D eigenvalue weighted by molar-refractivity contribution is 6.52. The highest BCUT2D eigenvalue weighted by Crippen LogP contribution is 2.35. The van der Waals surface area contributed by atoms with Gasteiger partial charge < -0.3 is 18.7 Å². The van der Waals surface area contributed by atoms with Crippen molar-refractivity contribution in [2.45, 2.75) is 38.9 Å². The average molecular weight is 461 g/mol. The second-order valence-electron chi connectivity index (χ2n) is 10.3. The molecule has 1 N–H and O–H groups in total. The Morgan fingerprint density at radius 2 is 1.40 bits per heavy atom. The van der Waals surface area contributed by atoms with Crippen LogP contribution in [0.15, 0.2) is 89.3 Å². The van der Waals surface area contributed by atoms with E-state index in [4.69, 9.17) is 9.07 Å². The second kappa shape index (κ2) is 7.74. The number of furan rings is 1. The lowest BCUT2D eigenvalue weighted by molar-refractivity contribution is -0.0893. The molecule has 2 heterocycles. The first kappa shape index (κ1) is 22.0. The number of hydrogen-bond acceptors (Lipinski definition) is 3. The first-order valence-electron chi connectivity index (χ1n) is 12.0. The van der Waals surface area contributed by atoms with Gasteiger partial charge in [0.05, 0.1) is 22.2 Å². The molecule has 0 spiro atoms. The summed E-state index contributed by atoms with van der Waals surface area (Å²) in [5.74, 6) is 0. The molecule has 5 heteroatoms. The smallest absolute Gasteiger partial charge is 0.310 e. The van der Waals surface area contributed by atoms with Gasteiger partial charge in [0.15, 0.2) is 0 Å². The van der Waals surface area contributed by atoms with Crippen molar-refractivity contribution in [3.8, 4) is 5.69 Å². The highest BCUT2D eigenvalue weighted by Gasteiger charge is 2.35. The summed E-state index contributed by atoms with van der Waals surface area (Å²) in [5, 5.41) is 15.1. The molecule has 0 unspecified atom stereocenters. The summed E-state index contributed by atoms with van der Waals surface area (Å²) in [6, 6.07) is 29.5. The third kappa shape index (κ3) is 3.46. The molecular weight excluding hydrogens is 433 g/mol. The van der Waals surface area contributed by atoms with Gasteiger partial charge in [-0.05, 0) is 63.5 Å². The first-order chi connectivity index (χ1) is 16.7. The Hall–Kier alpha value is -3.54. The lowest BCUT2D eigenvalue weighted by atomic mass is 9.80. The van der Waals surface area contributed by atoms with E-state index in [1.807, 2.05) is 26.0 Å². The zero-order chi connectivity index (χ0) is 24.4. The normalized spacial score (nSPS) is 12.8. The number of aromatic nitrogens is 1. The minimum absolute atomic E-state index is 0.386. The Balaban J connectivity index is 1.49. The zero-order valence-electron chi connectivity index (χ0n) is 20.5. The molecule has 2 aromatic heterocycles. The third-order valence-corrected chi connectivity index (χ3v) is 7.47. The van der Waals surface area contributed by atoms with E-state index >= 15 is 0 Å². The van der Waals surface area contributed by atoms with Crippen molar-refractivity contribution < 1.29 is 14.2 Å². The van der Waals surface area contributed by atoms with Crippen LogP contribution in [0.1, 0.15) is 27.7 Å². The van der Waals surface area contributed by atoms with Crippen molar-refractivity contribution in [3.63, 3.8) is 0 Å². The van der Waals surface area contributed by atoms with E-state index in [0.717, 1.165) is 33.1 Å². The molecule has 0 saturated heterocycles. The molecule has 6 aromatic rings. The van der Waals surface area contributed by atoms with Crippen molar-refractivity contribution in [1.29, 1.82) is 0 Å². The first-order valence-corrected chi connectivity index (χ1v) is 12.0. The van der Waals surface area contributed by atoms with Crippen molar-refractivity contribution in [3.05, 3.63) is 84.9 Å². The summed E-state index contributed by atoms with van der Waals surface area (Å²) in [6.07, 6.45) is 0. The van der Waals surface area contributed by atoms with E-state index in [2.05, 4.69) is 77.4 Å². The zero-order valence-corrected chi connectivity index (χ0v) is 20.5. The predicted octanol–water partition coefficient (Wildman–Crippen LogP) is 6.23. The topological polar surface area (TPSA) is 47.5 Å². The molecule has 0 aliphatic heterocycles. The Labute approximate surface area is 205 Å². The van der Waals surface area contributed by atoms with Gasteiger partial charge in [-0.3, -0.25) is 0 Å². The Morgan fingerprint density at radius 3 is 2.06 bits per heavy atom. The van der Waals surface area contributed by atoms with Gasteiger partial charge in [-0.25, -0.2) is 0 Å². The number of rotatable bonds is 5. The van der Waals surface area contributed by atoms with E-state index < -0.39 is 11.2 Å². The Bertz CT molecular complexity index is 1670.